The van der Waals surface area contributed by atoms with E-state index in [1.807, 2.05) is 6.07 Å². The molecule has 5 nitrogen and oxygen atoms in total. The van der Waals surface area contributed by atoms with Crippen LogP contribution >= 0.6 is 15.9 Å². The summed E-state index contributed by atoms with van der Waals surface area (Å²) >= 11 is 3.35. The summed E-state index contributed by atoms with van der Waals surface area (Å²) in [6.07, 6.45) is 3.91. The summed E-state index contributed by atoms with van der Waals surface area (Å²) in [7, 11) is -3.41. The quantitative estimate of drug-likeness (QED) is 0.812. The zero-order valence-electron chi connectivity index (χ0n) is 13.2. The highest BCUT2D eigenvalue weighted by molar-refractivity contribution is 9.10. The molecule has 0 saturated carbocycles. The zero-order valence-corrected chi connectivity index (χ0v) is 15.6. The van der Waals surface area contributed by atoms with Crippen molar-refractivity contribution in [3.63, 3.8) is 0 Å². The lowest BCUT2D eigenvalue weighted by atomic mass is 10.1. The number of hydrogen-bond donors (Lipinski definition) is 1. The minimum atomic E-state index is -3.41. The van der Waals surface area contributed by atoms with E-state index in [-0.39, 0.29) is 0 Å². The predicted octanol–water partition coefficient (Wildman–Crippen LogP) is 0.907. The van der Waals surface area contributed by atoms with E-state index >= 15 is 0 Å². The van der Waals surface area contributed by atoms with Crippen molar-refractivity contribution in [1.29, 1.82) is 0 Å². The van der Waals surface area contributed by atoms with Crippen molar-refractivity contribution in [3.05, 3.63) is 28.7 Å². The smallest absolute Gasteiger partial charge is 0.244 e. The van der Waals surface area contributed by atoms with Crippen molar-refractivity contribution in [1.82, 2.24) is 4.31 Å². The average molecular weight is 404 g/mol. The molecule has 0 bridgehead atoms. The summed E-state index contributed by atoms with van der Waals surface area (Å²) in [5.41, 5.74) is 0. The van der Waals surface area contributed by atoms with Crippen LogP contribution in [0, 0.1) is 0 Å². The van der Waals surface area contributed by atoms with Crippen LogP contribution in [0.1, 0.15) is 19.3 Å². The van der Waals surface area contributed by atoms with Gasteiger partial charge in [-0.05, 0) is 47.3 Å². The van der Waals surface area contributed by atoms with Crippen LogP contribution in [0.4, 0.5) is 0 Å². The maximum atomic E-state index is 12.8. The Kier molecular flexibility index (Phi) is 5.74. The van der Waals surface area contributed by atoms with Gasteiger partial charge in [0.15, 0.2) is 0 Å². The molecule has 0 unspecified atom stereocenters. The van der Waals surface area contributed by atoms with E-state index in [2.05, 4.69) is 15.9 Å². The van der Waals surface area contributed by atoms with Crippen molar-refractivity contribution in [2.45, 2.75) is 30.3 Å². The molecule has 1 atom stereocenters. The molecule has 1 aromatic rings. The van der Waals surface area contributed by atoms with Crippen molar-refractivity contribution >= 4 is 26.0 Å². The van der Waals surface area contributed by atoms with Gasteiger partial charge < -0.3 is 9.64 Å². The molecule has 2 aliphatic rings. The molecular weight excluding hydrogens is 380 g/mol. The second kappa shape index (κ2) is 7.61. The third-order valence-corrected chi connectivity index (χ3v) is 7.59. The topological polar surface area (TPSA) is 51.0 Å². The molecule has 1 N–H and O–H groups in total. The average Bonchev–Trinajstić information content (AvgIpc) is 2.56. The van der Waals surface area contributed by atoms with Gasteiger partial charge in [0.2, 0.25) is 10.0 Å². The van der Waals surface area contributed by atoms with E-state index < -0.39 is 10.0 Å². The van der Waals surface area contributed by atoms with Gasteiger partial charge in [-0.2, -0.15) is 4.31 Å². The highest BCUT2D eigenvalue weighted by Gasteiger charge is 2.32. The van der Waals surface area contributed by atoms with Gasteiger partial charge in [0, 0.05) is 11.1 Å². The molecule has 1 aromatic carbocycles. The van der Waals surface area contributed by atoms with Crippen molar-refractivity contribution in [2.75, 3.05) is 39.3 Å². The van der Waals surface area contributed by atoms with E-state index in [4.69, 9.17) is 4.74 Å². The molecule has 2 saturated heterocycles. The predicted molar refractivity (Wildman–Crippen MR) is 92.1 cm³/mol. The normalized spacial score (nSPS) is 24.7. The van der Waals surface area contributed by atoms with Crippen LogP contribution in [0.3, 0.4) is 0 Å². The second-order valence-corrected chi connectivity index (χ2v) is 9.04. The van der Waals surface area contributed by atoms with Crippen LogP contribution in [-0.4, -0.2) is 58.2 Å². The fourth-order valence-corrected chi connectivity index (χ4v) is 5.74. The number of ether oxygens (including phenoxy) is 1. The summed E-state index contributed by atoms with van der Waals surface area (Å²) in [5.74, 6) is 0. The van der Waals surface area contributed by atoms with Crippen LogP contribution in [0.15, 0.2) is 33.6 Å². The first-order valence-corrected chi connectivity index (χ1v) is 10.5. The lowest BCUT2D eigenvalue weighted by Crippen LogP contribution is -3.15. The Labute approximate surface area is 146 Å². The van der Waals surface area contributed by atoms with Gasteiger partial charge in [0.25, 0.3) is 0 Å². The minimum absolute atomic E-state index is 0.352. The van der Waals surface area contributed by atoms with Gasteiger partial charge >= 0.3 is 0 Å². The van der Waals surface area contributed by atoms with Gasteiger partial charge in [0.05, 0.1) is 31.1 Å². The molecule has 23 heavy (non-hydrogen) atoms. The summed E-state index contributed by atoms with van der Waals surface area (Å²) in [6.45, 7) is 4.73. The number of quaternary nitrogens is 1. The molecule has 0 amide bonds. The molecular formula is C16H24BrN2O3S+. The van der Waals surface area contributed by atoms with Gasteiger partial charge in [-0.15, -0.1) is 0 Å². The molecule has 128 valence electrons. The number of piperazine rings is 1. The molecule has 2 heterocycles. The number of hydrogen-bond acceptors (Lipinski definition) is 3. The van der Waals surface area contributed by atoms with Gasteiger partial charge in [-0.25, -0.2) is 8.42 Å². The molecule has 7 heteroatoms. The summed E-state index contributed by atoms with van der Waals surface area (Å²) < 4.78 is 33.6. The Balaban J connectivity index is 1.59. The fourth-order valence-electron chi connectivity index (χ4n) is 3.33. The van der Waals surface area contributed by atoms with E-state index in [1.54, 1.807) is 22.5 Å². The Morgan fingerprint density at radius 3 is 2.61 bits per heavy atom. The standard InChI is InChI=1S/C16H23BrN2O3S/c17-15-6-1-2-7-16(15)23(20,21)19-10-8-18(9-11-19)13-14-5-3-4-12-22-14/h1-2,6-7,14H,3-5,8-13H2/p+1/t14-/m1/s1. The minimum Gasteiger partial charge on any atom is -0.372 e. The molecule has 2 fully saturated rings. The second-order valence-electron chi connectivity index (χ2n) is 6.28. The summed E-state index contributed by atoms with van der Waals surface area (Å²) in [5, 5.41) is 0. The Morgan fingerprint density at radius 2 is 1.96 bits per heavy atom. The maximum absolute atomic E-state index is 12.8. The van der Waals surface area contributed by atoms with Crippen LogP contribution in [-0.2, 0) is 14.8 Å². The Hall–Kier alpha value is -0.470. The molecule has 0 aromatic heterocycles. The first-order chi connectivity index (χ1) is 11.1. The third kappa shape index (κ3) is 4.14. The number of nitrogens with one attached hydrogen (secondary N) is 1. The van der Waals surface area contributed by atoms with Crippen molar-refractivity contribution < 1.29 is 18.1 Å². The number of benzene rings is 1. The summed E-state index contributed by atoms with van der Waals surface area (Å²) in [6, 6.07) is 7.03. The Morgan fingerprint density at radius 1 is 1.22 bits per heavy atom. The zero-order chi connectivity index (χ0) is 16.3. The molecule has 0 radical (unpaired) electrons. The van der Waals surface area contributed by atoms with E-state index in [0.29, 0.717) is 28.6 Å². The molecule has 0 spiro atoms. The van der Waals surface area contributed by atoms with E-state index in [0.717, 1.165) is 32.7 Å². The van der Waals surface area contributed by atoms with E-state index in [9.17, 15) is 8.42 Å². The van der Waals surface area contributed by atoms with Crippen LogP contribution in [0.2, 0.25) is 0 Å². The van der Waals surface area contributed by atoms with Gasteiger partial charge in [-0.1, -0.05) is 12.1 Å². The first kappa shape index (κ1) is 17.4. The Bertz CT molecular complexity index is 624. The van der Waals surface area contributed by atoms with Crippen LogP contribution in [0.25, 0.3) is 0 Å². The number of rotatable bonds is 4. The lowest BCUT2D eigenvalue weighted by molar-refractivity contribution is -0.907. The van der Waals surface area contributed by atoms with Gasteiger partial charge in [0.1, 0.15) is 12.6 Å². The summed E-state index contributed by atoms with van der Waals surface area (Å²) in [4.78, 5) is 1.81. The first-order valence-electron chi connectivity index (χ1n) is 8.27. The fraction of sp³-hybridized carbons (Fsp3) is 0.625. The highest BCUT2D eigenvalue weighted by atomic mass is 79.9. The van der Waals surface area contributed by atoms with Crippen molar-refractivity contribution in [3.8, 4) is 0 Å². The third-order valence-electron chi connectivity index (χ3n) is 4.67. The highest BCUT2D eigenvalue weighted by Crippen LogP contribution is 2.24. The van der Waals surface area contributed by atoms with Gasteiger partial charge in [-0.3, -0.25) is 0 Å². The molecule has 0 aliphatic carbocycles. The number of sulfonamides is 1. The largest absolute Gasteiger partial charge is 0.372 e. The van der Waals surface area contributed by atoms with Crippen LogP contribution < -0.4 is 4.90 Å². The number of nitrogens with zero attached hydrogens (tertiary/aromatic N) is 1. The molecule has 3 rings (SSSR count). The maximum Gasteiger partial charge on any atom is 0.244 e. The number of halogens is 1. The van der Waals surface area contributed by atoms with Crippen LogP contribution in [0.5, 0.6) is 0 Å². The monoisotopic (exact) mass is 403 g/mol. The lowest BCUT2D eigenvalue weighted by Gasteiger charge is -2.34. The molecule has 2 aliphatic heterocycles. The van der Waals surface area contributed by atoms with Crippen molar-refractivity contribution in [2.24, 2.45) is 0 Å². The van der Waals surface area contributed by atoms with E-state index in [1.165, 1.54) is 17.7 Å². The SMILES string of the molecule is O=S(=O)(c1ccccc1Br)N1CC[NH+](C[C@H]2CCCCO2)CC1.